The molecule has 20 heavy (non-hydrogen) atoms. The highest BCUT2D eigenvalue weighted by molar-refractivity contribution is 6.36. The number of benzene rings is 1. The zero-order valence-electron chi connectivity index (χ0n) is 11.5. The van der Waals surface area contributed by atoms with Crippen LogP contribution >= 0.6 is 23.2 Å². The Balaban J connectivity index is 1.99. The van der Waals surface area contributed by atoms with Gasteiger partial charge < -0.3 is 9.84 Å². The van der Waals surface area contributed by atoms with Crippen LogP contribution in [0.3, 0.4) is 0 Å². The van der Waals surface area contributed by atoms with Gasteiger partial charge in [-0.15, -0.1) is 0 Å². The summed E-state index contributed by atoms with van der Waals surface area (Å²) in [6.45, 7) is 5.77. The van der Waals surface area contributed by atoms with Gasteiger partial charge in [0, 0.05) is 16.5 Å². The molecule has 0 bridgehead atoms. The third-order valence-electron chi connectivity index (χ3n) is 2.74. The maximum atomic E-state index is 6.12. The summed E-state index contributed by atoms with van der Waals surface area (Å²) in [5.41, 5.74) is 0.818. The van der Waals surface area contributed by atoms with Crippen molar-refractivity contribution in [3.63, 3.8) is 0 Å². The van der Waals surface area contributed by atoms with E-state index in [4.69, 9.17) is 27.7 Å². The average Bonchev–Trinajstić information content (AvgIpc) is 2.81. The standard InChI is InChI=1S/C14H17Cl2N3O/c1-9(2)7-17-8-14-18-13(19-20-14)6-10-11(15)4-3-5-12(10)16/h3-5,9,17H,6-8H2,1-2H3. The molecular weight excluding hydrogens is 297 g/mol. The zero-order valence-corrected chi connectivity index (χ0v) is 13.0. The van der Waals surface area contributed by atoms with Crippen molar-refractivity contribution in [1.82, 2.24) is 15.5 Å². The third-order valence-corrected chi connectivity index (χ3v) is 3.44. The summed E-state index contributed by atoms with van der Waals surface area (Å²) in [7, 11) is 0. The molecule has 0 radical (unpaired) electrons. The number of hydrogen-bond donors (Lipinski definition) is 1. The molecule has 1 heterocycles. The molecule has 108 valence electrons. The first kappa shape index (κ1) is 15.3. The molecule has 0 aliphatic heterocycles. The van der Waals surface area contributed by atoms with Crippen molar-refractivity contribution in [2.24, 2.45) is 5.92 Å². The number of halogens is 2. The van der Waals surface area contributed by atoms with Gasteiger partial charge in [-0.3, -0.25) is 0 Å². The van der Waals surface area contributed by atoms with Crippen molar-refractivity contribution in [3.8, 4) is 0 Å². The first-order chi connectivity index (χ1) is 9.56. The van der Waals surface area contributed by atoms with Crippen molar-refractivity contribution in [3.05, 3.63) is 45.5 Å². The van der Waals surface area contributed by atoms with E-state index < -0.39 is 0 Å². The van der Waals surface area contributed by atoms with Crippen LogP contribution in [0.2, 0.25) is 10.0 Å². The minimum atomic E-state index is 0.464. The molecule has 0 saturated heterocycles. The first-order valence-electron chi connectivity index (χ1n) is 6.51. The Morgan fingerprint density at radius 1 is 1.25 bits per heavy atom. The van der Waals surface area contributed by atoms with Crippen LogP contribution < -0.4 is 5.32 Å². The van der Waals surface area contributed by atoms with Gasteiger partial charge in [-0.1, -0.05) is 48.3 Å². The molecule has 0 aliphatic carbocycles. The van der Waals surface area contributed by atoms with Crippen molar-refractivity contribution in [2.75, 3.05) is 6.54 Å². The number of rotatable bonds is 6. The van der Waals surface area contributed by atoms with Crippen molar-refractivity contribution in [2.45, 2.75) is 26.8 Å². The number of aromatic nitrogens is 2. The zero-order chi connectivity index (χ0) is 14.5. The topological polar surface area (TPSA) is 51.0 Å². The fraction of sp³-hybridized carbons (Fsp3) is 0.429. The van der Waals surface area contributed by atoms with E-state index in [1.807, 2.05) is 6.07 Å². The first-order valence-corrected chi connectivity index (χ1v) is 7.27. The predicted octanol–water partition coefficient (Wildman–Crippen LogP) is 3.71. The van der Waals surface area contributed by atoms with Gasteiger partial charge >= 0.3 is 0 Å². The van der Waals surface area contributed by atoms with Crippen LogP contribution in [0.1, 0.15) is 31.1 Å². The van der Waals surface area contributed by atoms with Crippen LogP contribution in [-0.4, -0.2) is 16.7 Å². The molecule has 0 unspecified atom stereocenters. The second-order valence-corrected chi connectivity index (χ2v) is 5.82. The van der Waals surface area contributed by atoms with E-state index in [0.717, 1.165) is 12.1 Å². The van der Waals surface area contributed by atoms with E-state index >= 15 is 0 Å². The molecule has 0 atom stereocenters. The molecule has 1 aromatic carbocycles. The lowest BCUT2D eigenvalue weighted by Crippen LogP contribution is -2.19. The second kappa shape index (κ2) is 7.07. The quantitative estimate of drug-likeness (QED) is 0.883. The van der Waals surface area contributed by atoms with Crippen LogP contribution in [0.15, 0.2) is 22.7 Å². The van der Waals surface area contributed by atoms with Crippen LogP contribution in [0, 0.1) is 5.92 Å². The number of nitrogens with zero attached hydrogens (tertiary/aromatic N) is 2. The maximum absolute atomic E-state index is 6.12. The van der Waals surface area contributed by atoms with Gasteiger partial charge in [-0.05, 0) is 30.2 Å². The highest BCUT2D eigenvalue weighted by Crippen LogP contribution is 2.26. The minimum Gasteiger partial charge on any atom is -0.338 e. The summed E-state index contributed by atoms with van der Waals surface area (Å²) < 4.78 is 5.19. The molecule has 0 fully saturated rings. The van der Waals surface area contributed by atoms with Crippen molar-refractivity contribution < 1.29 is 4.52 Å². The van der Waals surface area contributed by atoms with E-state index in [1.165, 1.54) is 0 Å². The summed E-state index contributed by atoms with van der Waals surface area (Å²) in [6, 6.07) is 5.41. The molecule has 0 amide bonds. The monoisotopic (exact) mass is 313 g/mol. The minimum absolute atomic E-state index is 0.464. The highest BCUT2D eigenvalue weighted by atomic mass is 35.5. The lowest BCUT2D eigenvalue weighted by atomic mass is 10.1. The van der Waals surface area contributed by atoms with E-state index in [2.05, 4.69) is 29.3 Å². The van der Waals surface area contributed by atoms with Gasteiger partial charge in [0.15, 0.2) is 5.82 Å². The Hall–Kier alpha value is -1.10. The Kier molecular flexibility index (Phi) is 5.40. The van der Waals surface area contributed by atoms with Gasteiger partial charge in [0.05, 0.1) is 6.54 Å². The summed E-state index contributed by atoms with van der Waals surface area (Å²) in [4.78, 5) is 4.33. The van der Waals surface area contributed by atoms with E-state index in [9.17, 15) is 0 Å². The summed E-state index contributed by atoms with van der Waals surface area (Å²) in [5.74, 6) is 1.74. The Morgan fingerprint density at radius 2 is 1.95 bits per heavy atom. The highest BCUT2D eigenvalue weighted by Gasteiger charge is 2.11. The number of nitrogens with one attached hydrogen (secondary N) is 1. The second-order valence-electron chi connectivity index (χ2n) is 5.01. The summed E-state index contributed by atoms with van der Waals surface area (Å²) >= 11 is 12.2. The van der Waals surface area contributed by atoms with Gasteiger partial charge in [0.25, 0.3) is 0 Å². The smallest absolute Gasteiger partial charge is 0.240 e. The van der Waals surface area contributed by atoms with E-state index in [1.54, 1.807) is 12.1 Å². The number of hydrogen-bond acceptors (Lipinski definition) is 4. The Bertz CT molecular complexity index is 549. The molecule has 1 aromatic heterocycles. The molecule has 4 nitrogen and oxygen atoms in total. The molecule has 2 rings (SSSR count). The van der Waals surface area contributed by atoms with Crippen molar-refractivity contribution in [1.29, 1.82) is 0 Å². The molecule has 2 aromatic rings. The maximum Gasteiger partial charge on any atom is 0.240 e. The van der Waals surface area contributed by atoms with Crippen LogP contribution in [0.25, 0.3) is 0 Å². The van der Waals surface area contributed by atoms with Crippen LogP contribution in [-0.2, 0) is 13.0 Å². The molecule has 1 N–H and O–H groups in total. The van der Waals surface area contributed by atoms with Crippen LogP contribution in [0.5, 0.6) is 0 Å². The predicted molar refractivity (Wildman–Crippen MR) is 80.1 cm³/mol. The molecule has 6 heteroatoms. The van der Waals surface area contributed by atoms with Gasteiger partial charge in [-0.2, -0.15) is 4.98 Å². The van der Waals surface area contributed by atoms with E-state index in [-0.39, 0.29) is 0 Å². The molecular formula is C14H17Cl2N3O. The molecule has 0 aliphatic rings. The summed E-state index contributed by atoms with van der Waals surface area (Å²) in [5, 5.41) is 8.43. The van der Waals surface area contributed by atoms with E-state index in [0.29, 0.717) is 40.6 Å². The normalized spacial score (nSPS) is 11.2. The van der Waals surface area contributed by atoms with Crippen molar-refractivity contribution >= 4 is 23.2 Å². The SMILES string of the molecule is CC(C)CNCc1nc(Cc2c(Cl)cccc2Cl)no1. The molecule has 0 spiro atoms. The van der Waals surface area contributed by atoms with Gasteiger partial charge in [0.1, 0.15) is 0 Å². The lowest BCUT2D eigenvalue weighted by Gasteiger charge is -2.04. The van der Waals surface area contributed by atoms with Gasteiger partial charge in [-0.25, -0.2) is 0 Å². The largest absolute Gasteiger partial charge is 0.338 e. The third kappa shape index (κ3) is 4.20. The average molecular weight is 314 g/mol. The summed E-state index contributed by atoms with van der Waals surface area (Å²) in [6.07, 6.45) is 0.464. The fourth-order valence-corrected chi connectivity index (χ4v) is 2.29. The lowest BCUT2D eigenvalue weighted by molar-refractivity contribution is 0.360. The fourth-order valence-electron chi connectivity index (χ4n) is 1.76. The molecule has 0 saturated carbocycles. The van der Waals surface area contributed by atoms with Crippen LogP contribution in [0.4, 0.5) is 0 Å². The Labute approximate surface area is 128 Å². The Morgan fingerprint density at radius 3 is 2.60 bits per heavy atom. The van der Waals surface area contributed by atoms with Gasteiger partial charge in [0.2, 0.25) is 5.89 Å².